The first-order valence-electron chi connectivity index (χ1n) is 5.65. The average Bonchev–Trinajstić information content (AvgIpc) is 2.39. The molecule has 0 aliphatic rings. The first-order chi connectivity index (χ1) is 9.50. The molecule has 0 bridgehead atoms. The van der Waals surface area contributed by atoms with Gasteiger partial charge in [-0.15, -0.1) is 0 Å². The van der Waals surface area contributed by atoms with E-state index in [0.29, 0.717) is 12.1 Å². The van der Waals surface area contributed by atoms with E-state index in [2.05, 4.69) is 0 Å². The van der Waals surface area contributed by atoms with E-state index in [1.807, 2.05) is 0 Å². The number of aromatic carboxylic acids is 1. The standard InChI is InChI=1S/C11H12F2O6S2/c1-2-20(16,17)3-4-21(18,19)9-6-7(11(14)15)5-8(12)10(9)13/h5-6H,2-4H2,1H3,(H,14,15). The Balaban J connectivity index is 3.28. The van der Waals surface area contributed by atoms with Crippen molar-refractivity contribution in [1.82, 2.24) is 0 Å². The Morgan fingerprint density at radius 1 is 1.14 bits per heavy atom. The van der Waals surface area contributed by atoms with Crippen LogP contribution in [0.4, 0.5) is 8.78 Å². The molecule has 0 aromatic heterocycles. The summed E-state index contributed by atoms with van der Waals surface area (Å²) in [7, 11) is -8.09. The van der Waals surface area contributed by atoms with Crippen molar-refractivity contribution in [1.29, 1.82) is 0 Å². The van der Waals surface area contributed by atoms with Crippen LogP contribution in [-0.2, 0) is 19.7 Å². The predicted molar refractivity (Wildman–Crippen MR) is 69.7 cm³/mol. The molecule has 0 saturated heterocycles. The fourth-order valence-electron chi connectivity index (χ4n) is 1.40. The fraction of sp³-hybridized carbons (Fsp3) is 0.364. The highest BCUT2D eigenvalue weighted by molar-refractivity contribution is 7.95. The van der Waals surface area contributed by atoms with E-state index in [0.717, 1.165) is 0 Å². The molecule has 0 aliphatic carbocycles. The van der Waals surface area contributed by atoms with E-state index in [4.69, 9.17) is 5.11 Å². The van der Waals surface area contributed by atoms with E-state index in [-0.39, 0.29) is 5.75 Å². The van der Waals surface area contributed by atoms with Gasteiger partial charge in [-0.3, -0.25) is 0 Å². The van der Waals surface area contributed by atoms with Crippen LogP contribution in [0, 0.1) is 11.6 Å². The molecule has 0 radical (unpaired) electrons. The van der Waals surface area contributed by atoms with Gasteiger partial charge in [-0.05, 0) is 12.1 Å². The fourth-order valence-corrected chi connectivity index (χ4v) is 4.48. The van der Waals surface area contributed by atoms with Crippen LogP contribution in [0.1, 0.15) is 17.3 Å². The van der Waals surface area contributed by atoms with E-state index >= 15 is 0 Å². The Labute approximate surface area is 120 Å². The molecule has 0 unspecified atom stereocenters. The number of sulfone groups is 2. The zero-order valence-electron chi connectivity index (χ0n) is 10.8. The maximum atomic E-state index is 13.5. The Bertz CT molecular complexity index is 768. The lowest BCUT2D eigenvalue weighted by Gasteiger charge is -2.08. The number of carbonyl (C=O) groups is 1. The SMILES string of the molecule is CCS(=O)(=O)CCS(=O)(=O)c1cc(C(=O)O)cc(F)c1F. The van der Waals surface area contributed by atoms with Gasteiger partial charge in [0.2, 0.25) is 0 Å². The molecular formula is C11H12F2O6S2. The van der Waals surface area contributed by atoms with E-state index in [9.17, 15) is 30.4 Å². The van der Waals surface area contributed by atoms with Crippen molar-refractivity contribution in [2.45, 2.75) is 11.8 Å². The monoisotopic (exact) mass is 342 g/mol. The van der Waals surface area contributed by atoms with Crippen molar-refractivity contribution in [2.24, 2.45) is 0 Å². The minimum Gasteiger partial charge on any atom is -0.478 e. The van der Waals surface area contributed by atoms with Crippen LogP contribution in [0.15, 0.2) is 17.0 Å². The molecule has 1 rings (SSSR count). The van der Waals surface area contributed by atoms with Crippen molar-refractivity contribution in [2.75, 3.05) is 17.3 Å². The summed E-state index contributed by atoms with van der Waals surface area (Å²) in [5.74, 6) is -7.01. The summed E-state index contributed by atoms with van der Waals surface area (Å²) in [6, 6.07) is 0.814. The van der Waals surface area contributed by atoms with Crippen LogP contribution < -0.4 is 0 Å². The molecule has 1 aromatic carbocycles. The number of hydrogen-bond acceptors (Lipinski definition) is 5. The van der Waals surface area contributed by atoms with E-state index in [1.54, 1.807) is 0 Å². The molecule has 21 heavy (non-hydrogen) atoms. The average molecular weight is 342 g/mol. The number of halogens is 2. The molecule has 1 aromatic rings. The number of carboxylic acid groups (broad SMARTS) is 1. The molecule has 0 aliphatic heterocycles. The van der Waals surface area contributed by atoms with Gasteiger partial charge < -0.3 is 5.11 Å². The Hall–Kier alpha value is -1.55. The molecular weight excluding hydrogens is 330 g/mol. The molecule has 0 spiro atoms. The second kappa shape index (κ2) is 6.06. The summed E-state index contributed by atoms with van der Waals surface area (Å²) >= 11 is 0. The molecule has 0 atom stereocenters. The van der Waals surface area contributed by atoms with Crippen molar-refractivity contribution in [3.63, 3.8) is 0 Å². The van der Waals surface area contributed by atoms with Gasteiger partial charge in [0.05, 0.1) is 17.1 Å². The molecule has 0 saturated carbocycles. The van der Waals surface area contributed by atoms with Crippen molar-refractivity contribution < 1.29 is 35.5 Å². The first-order valence-corrected chi connectivity index (χ1v) is 9.13. The normalized spacial score (nSPS) is 12.3. The van der Waals surface area contributed by atoms with Crippen molar-refractivity contribution in [3.8, 4) is 0 Å². The van der Waals surface area contributed by atoms with Crippen molar-refractivity contribution in [3.05, 3.63) is 29.3 Å². The van der Waals surface area contributed by atoms with Crippen LogP contribution in [0.25, 0.3) is 0 Å². The molecule has 6 nitrogen and oxygen atoms in total. The second-order valence-corrected chi connectivity index (χ2v) is 8.68. The third kappa shape index (κ3) is 4.21. The maximum absolute atomic E-state index is 13.5. The van der Waals surface area contributed by atoms with Gasteiger partial charge in [-0.25, -0.2) is 30.4 Å². The molecule has 0 fully saturated rings. The highest BCUT2D eigenvalue weighted by Gasteiger charge is 2.26. The Morgan fingerprint density at radius 3 is 2.19 bits per heavy atom. The number of benzene rings is 1. The van der Waals surface area contributed by atoms with Gasteiger partial charge in [0, 0.05) is 5.75 Å². The second-order valence-electron chi connectivity index (χ2n) is 4.13. The minimum atomic E-state index is -4.47. The Morgan fingerprint density at radius 2 is 1.71 bits per heavy atom. The van der Waals surface area contributed by atoms with Gasteiger partial charge in [0.15, 0.2) is 31.3 Å². The zero-order valence-corrected chi connectivity index (χ0v) is 12.5. The molecule has 10 heteroatoms. The summed E-state index contributed by atoms with van der Waals surface area (Å²) in [5, 5.41) is 8.71. The summed E-state index contributed by atoms with van der Waals surface area (Å²) in [5.41, 5.74) is -0.745. The highest BCUT2D eigenvalue weighted by atomic mass is 32.2. The lowest BCUT2D eigenvalue weighted by atomic mass is 10.2. The quantitative estimate of drug-likeness (QED) is 0.822. The van der Waals surface area contributed by atoms with Gasteiger partial charge in [-0.1, -0.05) is 6.92 Å². The van der Waals surface area contributed by atoms with Gasteiger partial charge in [-0.2, -0.15) is 0 Å². The lowest BCUT2D eigenvalue weighted by Crippen LogP contribution is -2.20. The van der Waals surface area contributed by atoms with E-state index in [1.165, 1.54) is 6.92 Å². The smallest absolute Gasteiger partial charge is 0.335 e. The zero-order chi connectivity index (χ0) is 16.4. The Kier molecular flexibility index (Phi) is 5.05. The molecule has 118 valence electrons. The van der Waals surface area contributed by atoms with Crippen LogP contribution in [0.2, 0.25) is 0 Å². The largest absolute Gasteiger partial charge is 0.478 e. The summed E-state index contributed by atoms with van der Waals surface area (Å²) in [6.45, 7) is 1.31. The molecule has 1 N–H and O–H groups in total. The number of rotatable bonds is 6. The third-order valence-corrected chi connectivity index (χ3v) is 6.35. The predicted octanol–water partition coefficient (Wildman–Crippen LogP) is 0.871. The van der Waals surface area contributed by atoms with Gasteiger partial charge in [0.25, 0.3) is 0 Å². The minimum absolute atomic E-state index is 0.297. The van der Waals surface area contributed by atoms with Gasteiger partial charge in [0.1, 0.15) is 4.90 Å². The lowest BCUT2D eigenvalue weighted by molar-refractivity contribution is 0.0696. The number of carboxylic acids is 1. The third-order valence-electron chi connectivity index (χ3n) is 2.68. The van der Waals surface area contributed by atoms with Crippen LogP contribution >= 0.6 is 0 Å². The summed E-state index contributed by atoms with van der Waals surface area (Å²) in [4.78, 5) is 9.57. The summed E-state index contributed by atoms with van der Waals surface area (Å²) in [6.07, 6.45) is 0. The topological polar surface area (TPSA) is 106 Å². The van der Waals surface area contributed by atoms with Crippen LogP contribution in [0.5, 0.6) is 0 Å². The van der Waals surface area contributed by atoms with Gasteiger partial charge >= 0.3 is 5.97 Å². The van der Waals surface area contributed by atoms with Crippen molar-refractivity contribution >= 4 is 25.6 Å². The number of hydrogen-bond donors (Lipinski definition) is 1. The first kappa shape index (κ1) is 17.5. The maximum Gasteiger partial charge on any atom is 0.335 e. The molecule has 0 heterocycles. The highest BCUT2D eigenvalue weighted by Crippen LogP contribution is 2.21. The van der Waals surface area contributed by atoms with Crippen LogP contribution in [-0.4, -0.2) is 45.2 Å². The van der Waals surface area contributed by atoms with E-state index < -0.39 is 59.2 Å². The van der Waals surface area contributed by atoms with Crippen LogP contribution in [0.3, 0.4) is 0 Å². The summed E-state index contributed by atoms with van der Waals surface area (Å²) < 4.78 is 73.1. The molecule has 0 amide bonds.